The first-order valence-electron chi connectivity index (χ1n) is 10.3. The summed E-state index contributed by atoms with van der Waals surface area (Å²) >= 11 is 0. The third kappa shape index (κ3) is 8.25. The number of ether oxygens (including phenoxy) is 2. The van der Waals surface area contributed by atoms with Crippen molar-refractivity contribution in [3.8, 4) is 5.75 Å². The van der Waals surface area contributed by atoms with Gasteiger partial charge in [-0.3, -0.25) is 9.89 Å². The lowest BCUT2D eigenvalue weighted by atomic mass is 10.0. The molecule has 2 aliphatic rings. The summed E-state index contributed by atoms with van der Waals surface area (Å²) in [4.78, 5) is 6.67. The lowest BCUT2D eigenvalue weighted by Gasteiger charge is -2.33. The van der Waals surface area contributed by atoms with Gasteiger partial charge in [0.1, 0.15) is 0 Å². The van der Waals surface area contributed by atoms with E-state index in [1.54, 1.807) is 19.2 Å². The van der Waals surface area contributed by atoms with Gasteiger partial charge in [-0.25, -0.2) is 4.39 Å². The van der Waals surface area contributed by atoms with Gasteiger partial charge in [0.05, 0.1) is 13.7 Å². The molecule has 164 valence electrons. The Morgan fingerprint density at radius 2 is 2.00 bits per heavy atom. The van der Waals surface area contributed by atoms with Gasteiger partial charge in [0.2, 0.25) is 0 Å². The van der Waals surface area contributed by atoms with Crippen LogP contribution in [-0.2, 0) is 11.3 Å². The fourth-order valence-electron chi connectivity index (χ4n) is 3.47. The molecule has 1 aromatic rings. The number of guanidine groups is 1. The molecule has 0 radical (unpaired) electrons. The second-order valence-corrected chi connectivity index (χ2v) is 7.68. The minimum Gasteiger partial charge on any atom is -0.494 e. The average molecular weight is 520 g/mol. The molecule has 1 aromatic carbocycles. The van der Waals surface area contributed by atoms with Crippen LogP contribution in [0.1, 0.15) is 31.2 Å². The maximum atomic E-state index is 13.9. The van der Waals surface area contributed by atoms with E-state index < -0.39 is 0 Å². The summed E-state index contributed by atoms with van der Waals surface area (Å²) in [6.45, 7) is 5.10. The Hall–Kier alpha value is -1.13. The van der Waals surface area contributed by atoms with Gasteiger partial charge in [-0.1, -0.05) is 6.07 Å². The third-order valence-electron chi connectivity index (χ3n) is 5.36. The molecule has 6 nitrogen and oxygen atoms in total. The highest BCUT2D eigenvalue weighted by atomic mass is 127. The second kappa shape index (κ2) is 12.5. The van der Waals surface area contributed by atoms with Gasteiger partial charge < -0.3 is 20.1 Å². The molecule has 2 fully saturated rings. The lowest BCUT2D eigenvalue weighted by Crippen LogP contribution is -2.49. The molecule has 0 amide bonds. The van der Waals surface area contributed by atoms with Crippen molar-refractivity contribution in [3.63, 3.8) is 0 Å². The molecule has 1 aliphatic carbocycles. The van der Waals surface area contributed by atoms with Gasteiger partial charge >= 0.3 is 0 Å². The van der Waals surface area contributed by atoms with Crippen LogP contribution >= 0.6 is 24.0 Å². The molecule has 8 heteroatoms. The van der Waals surface area contributed by atoms with Gasteiger partial charge in [-0.2, -0.15) is 0 Å². The van der Waals surface area contributed by atoms with Crippen molar-refractivity contribution in [2.75, 3.05) is 47.0 Å². The van der Waals surface area contributed by atoms with Crippen LogP contribution in [0.4, 0.5) is 4.39 Å². The predicted octanol–water partition coefficient (Wildman–Crippen LogP) is 3.01. The number of benzene rings is 1. The summed E-state index contributed by atoms with van der Waals surface area (Å²) in [6, 6.07) is 5.61. The number of methoxy groups -OCH3 is 1. The summed E-state index contributed by atoms with van der Waals surface area (Å²) in [5.74, 6) is 1.64. The van der Waals surface area contributed by atoms with Crippen LogP contribution in [0, 0.1) is 11.7 Å². The number of hydrogen-bond donors (Lipinski definition) is 2. The number of rotatable bonds is 9. The number of nitrogens with one attached hydrogen (secondary N) is 2. The maximum Gasteiger partial charge on any atom is 0.191 e. The van der Waals surface area contributed by atoms with Crippen LogP contribution in [0.5, 0.6) is 5.75 Å². The molecule has 2 N–H and O–H groups in total. The maximum absolute atomic E-state index is 13.9. The van der Waals surface area contributed by atoms with E-state index in [9.17, 15) is 4.39 Å². The Morgan fingerprint density at radius 3 is 2.62 bits per heavy atom. The number of halogens is 2. The van der Waals surface area contributed by atoms with Gasteiger partial charge in [0, 0.05) is 45.9 Å². The monoisotopic (exact) mass is 520 g/mol. The average Bonchev–Trinajstić information content (AvgIpc) is 3.53. The highest BCUT2D eigenvalue weighted by molar-refractivity contribution is 14.0. The first-order valence-corrected chi connectivity index (χ1v) is 10.3. The smallest absolute Gasteiger partial charge is 0.191 e. The van der Waals surface area contributed by atoms with Gasteiger partial charge in [0.25, 0.3) is 0 Å². The zero-order valence-corrected chi connectivity index (χ0v) is 19.8. The molecule has 0 spiro atoms. The Kier molecular flexibility index (Phi) is 10.4. The van der Waals surface area contributed by atoms with Gasteiger partial charge in [0.15, 0.2) is 17.5 Å². The molecule has 0 bridgehead atoms. The van der Waals surface area contributed by atoms with Crippen molar-refractivity contribution >= 4 is 29.9 Å². The number of piperidine rings is 1. The fraction of sp³-hybridized carbons (Fsp3) is 0.667. The van der Waals surface area contributed by atoms with Crippen LogP contribution in [0.3, 0.4) is 0 Å². The zero-order chi connectivity index (χ0) is 19.8. The molecular weight excluding hydrogens is 486 g/mol. The van der Waals surface area contributed by atoms with Gasteiger partial charge in [-0.15, -0.1) is 24.0 Å². The van der Waals surface area contributed by atoms with E-state index in [1.807, 2.05) is 6.07 Å². The fourth-order valence-corrected chi connectivity index (χ4v) is 3.47. The minimum absolute atomic E-state index is 0. The molecule has 1 aliphatic heterocycles. The molecule has 0 atom stereocenters. The van der Waals surface area contributed by atoms with E-state index >= 15 is 0 Å². The van der Waals surface area contributed by atoms with E-state index in [1.165, 1.54) is 20.0 Å². The summed E-state index contributed by atoms with van der Waals surface area (Å²) in [7, 11) is 3.29. The zero-order valence-electron chi connectivity index (χ0n) is 17.5. The molecule has 29 heavy (non-hydrogen) atoms. The van der Waals surface area contributed by atoms with Gasteiger partial charge in [-0.05, 0) is 49.3 Å². The quantitative estimate of drug-likeness (QED) is 0.227. The third-order valence-corrected chi connectivity index (χ3v) is 5.36. The summed E-state index contributed by atoms with van der Waals surface area (Å²) in [6.07, 6.45) is 4.72. The van der Waals surface area contributed by atoms with Crippen LogP contribution in [0.2, 0.25) is 0 Å². The van der Waals surface area contributed by atoms with Crippen molar-refractivity contribution in [2.24, 2.45) is 10.9 Å². The standard InChI is InChI=1S/C21H33FN4O2.HI/c1-23-21(24-9-12-28-15-16-3-4-16)25-18-7-10-26(11-8-18)14-17-5-6-20(27-2)19(22)13-17;/h5-6,13,16,18H,3-4,7-12,14-15H2,1-2H3,(H2,23,24,25);1H. The second-order valence-electron chi connectivity index (χ2n) is 7.68. The van der Waals surface area contributed by atoms with Crippen LogP contribution in [0.25, 0.3) is 0 Å². The molecule has 1 saturated carbocycles. The first-order chi connectivity index (χ1) is 13.7. The SMILES string of the molecule is CN=C(NCCOCC1CC1)NC1CCN(Cc2ccc(OC)c(F)c2)CC1.I. The normalized spacial score (nSPS) is 18.2. The van der Waals surface area contributed by atoms with Crippen molar-refractivity contribution in [1.82, 2.24) is 15.5 Å². The molecule has 0 unspecified atom stereocenters. The molecule has 3 rings (SSSR count). The minimum atomic E-state index is -0.299. The highest BCUT2D eigenvalue weighted by Crippen LogP contribution is 2.28. The van der Waals surface area contributed by atoms with Crippen molar-refractivity contribution < 1.29 is 13.9 Å². The van der Waals surface area contributed by atoms with E-state index in [2.05, 4.69) is 20.5 Å². The Labute approximate surface area is 190 Å². The predicted molar refractivity (Wildman–Crippen MR) is 125 cm³/mol. The van der Waals surface area contributed by atoms with Crippen LogP contribution < -0.4 is 15.4 Å². The number of aliphatic imine (C=N–C) groups is 1. The topological polar surface area (TPSA) is 58.1 Å². The van der Waals surface area contributed by atoms with E-state index in [4.69, 9.17) is 9.47 Å². The molecule has 1 saturated heterocycles. The van der Waals surface area contributed by atoms with Crippen molar-refractivity contribution in [3.05, 3.63) is 29.6 Å². The van der Waals surface area contributed by atoms with Crippen LogP contribution in [-0.4, -0.2) is 63.9 Å². The summed E-state index contributed by atoms with van der Waals surface area (Å²) in [5.41, 5.74) is 0.980. The Balaban J connectivity index is 0.00000300. The molecule has 1 heterocycles. The largest absolute Gasteiger partial charge is 0.494 e. The first kappa shape index (κ1) is 24.1. The number of hydrogen-bond acceptors (Lipinski definition) is 4. The number of likely N-dealkylation sites (tertiary alicyclic amines) is 1. The van der Waals surface area contributed by atoms with Crippen molar-refractivity contribution in [2.45, 2.75) is 38.3 Å². The van der Waals surface area contributed by atoms with E-state index in [0.29, 0.717) is 18.4 Å². The van der Waals surface area contributed by atoms with E-state index in [-0.39, 0.29) is 29.8 Å². The summed E-state index contributed by atoms with van der Waals surface area (Å²) < 4.78 is 24.5. The van der Waals surface area contributed by atoms with Crippen LogP contribution in [0.15, 0.2) is 23.2 Å². The Bertz CT molecular complexity index is 650. The molecular formula is C21H34FIN4O2. The highest BCUT2D eigenvalue weighted by Gasteiger charge is 2.21. The lowest BCUT2D eigenvalue weighted by molar-refractivity contribution is 0.129. The molecule has 0 aromatic heterocycles. The number of nitrogens with zero attached hydrogens (tertiary/aromatic N) is 2. The van der Waals surface area contributed by atoms with Crippen molar-refractivity contribution in [1.29, 1.82) is 0 Å². The summed E-state index contributed by atoms with van der Waals surface area (Å²) in [5, 5.41) is 6.83. The van der Waals surface area contributed by atoms with E-state index in [0.717, 1.165) is 63.1 Å². The Morgan fingerprint density at radius 1 is 1.24 bits per heavy atom.